The van der Waals surface area contributed by atoms with Crippen LogP contribution < -0.4 is 4.74 Å². The lowest BCUT2D eigenvalue weighted by Gasteiger charge is -2.14. The number of benzene rings is 3. The van der Waals surface area contributed by atoms with Crippen LogP contribution >= 0.6 is 0 Å². The normalized spacial score (nSPS) is 12.0. The van der Waals surface area contributed by atoms with Crippen molar-refractivity contribution in [3.8, 4) is 5.75 Å². The van der Waals surface area contributed by atoms with Gasteiger partial charge in [-0.3, -0.25) is 10.1 Å². The Labute approximate surface area is 144 Å². The fourth-order valence-corrected chi connectivity index (χ4v) is 2.16. The molecule has 0 aliphatic carbocycles. The van der Waals surface area contributed by atoms with Crippen LogP contribution in [0.15, 0.2) is 95.2 Å². The van der Waals surface area contributed by atoms with E-state index >= 15 is 0 Å². The van der Waals surface area contributed by atoms with Crippen molar-refractivity contribution in [1.82, 2.24) is 0 Å². The van der Waals surface area contributed by atoms with Crippen molar-refractivity contribution >= 4 is 11.4 Å². The van der Waals surface area contributed by atoms with Crippen LogP contribution in [0.1, 0.15) is 11.8 Å². The van der Waals surface area contributed by atoms with Gasteiger partial charge < -0.3 is 4.74 Å². The first-order chi connectivity index (χ1) is 12.2. The molecule has 6 nitrogen and oxygen atoms in total. The third-order valence-electron chi connectivity index (χ3n) is 3.41. The molecule has 3 rings (SSSR count). The molecule has 0 bridgehead atoms. The zero-order valence-electron chi connectivity index (χ0n) is 13.2. The maximum absolute atomic E-state index is 10.7. The van der Waals surface area contributed by atoms with Gasteiger partial charge in [-0.15, -0.1) is 5.11 Å². The van der Waals surface area contributed by atoms with E-state index in [1.807, 2.05) is 60.7 Å². The SMILES string of the molecule is O=[N+]([O-])c1ccc(N=N[C@@H](Oc2ccccc2)c2ccccc2)cc1. The average Bonchev–Trinajstić information content (AvgIpc) is 2.67. The van der Waals surface area contributed by atoms with Gasteiger partial charge in [0.2, 0.25) is 6.23 Å². The molecule has 0 fully saturated rings. The van der Waals surface area contributed by atoms with Crippen LogP contribution in [-0.2, 0) is 0 Å². The summed E-state index contributed by atoms with van der Waals surface area (Å²) in [6.45, 7) is 0. The summed E-state index contributed by atoms with van der Waals surface area (Å²) in [6, 6.07) is 24.8. The Hall–Kier alpha value is -3.54. The van der Waals surface area contributed by atoms with Crippen molar-refractivity contribution in [2.24, 2.45) is 10.2 Å². The van der Waals surface area contributed by atoms with Crippen molar-refractivity contribution in [1.29, 1.82) is 0 Å². The van der Waals surface area contributed by atoms with E-state index < -0.39 is 11.2 Å². The topological polar surface area (TPSA) is 77.1 Å². The molecule has 0 aliphatic heterocycles. The Kier molecular flexibility index (Phi) is 5.11. The molecule has 0 N–H and O–H groups in total. The largest absolute Gasteiger partial charge is 0.463 e. The minimum absolute atomic E-state index is 0.0131. The first-order valence-electron chi connectivity index (χ1n) is 7.64. The van der Waals surface area contributed by atoms with Gasteiger partial charge in [0.25, 0.3) is 5.69 Å². The average molecular weight is 333 g/mol. The van der Waals surface area contributed by atoms with Crippen LogP contribution in [0.4, 0.5) is 11.4 Å². The molecule has 6 heteroatoms. The third kappa shape index (κ3) is 4.48. The summed E-state index contributed by atoms with van der Waals surface area (Å²) in [5, 5.41) is 19.1. The van der Waals surface area contributed by atoms with Crippen molar-refractivity contribution in [3.05, 3.63) is 101 Å². The highest BCUT2D eigenvalue weighted by atomic mass is 16.6. The highest BCUT2D eigenvalue weighted by Gasteiger charge is 2.12. The lowest BCUT2D eigenvalue weighted by Crippen LogP contribution is -2.04. The molecule has 0 aliphatic rings. The third-order valence-corrected chi connectivity index (χ3v) is 3.41. The maximum Gasteiger partial charge on any atom is 0.269 e. The van der Waals surface area contributed by atoms with Crippen LogP contribution in [0.3, 0.4) is 0 Å². The number of hydrogen-bond acceptors (Lipinski definition) is 5. The number of para-hydroxylation sites is 1. The van der Waals surface area contributed by atoms with Crippen molar-refractivity contribution in [3.63, 3.8) is 0 Å². The van der Waals surface area contributed by atoms with E-state index in [1.54, 1.807) is 12.1 Å². The fraction of sp³-hybridized carbons (Fsp3) is 0.0526. The zero-order valence-corrected chi connectivity index (χ0v) is 13.2. The van der Waals surface area contributed by atoms with Gasteiger partial charge in [-0.2, -0.15) is 5.11 Å². The predicted octanol–water partition coefficient (Wildman–Crippen LogP) is 5.46. The zero-order chi connectivity index (χ0) is 17.5. The van der Waals surface area contributed by atoms with Crippen LogP contribution in [-0.4, -0.2) is 4.92 Å². The van der Waals surface area contributed by atoms with E-state index in [-0.39, 0.29) is 5.69 Å². The Bertz CT molecular complexity index is 850. The first kappa shape index (κ1) is 16.3. The summed E-state index contributed by atoms with van der Waals surface area (Å²) in [7, 11) is 0. The maximum atomic E-state index is 10.7. The van der Waals surface area contributed by atoms with Gasteiger partial charge in [0.05, 0.1) is 10.6 Å². The molecule has 0 spiro atoms. The van der Waals surface area contributed by atoms with Crippen LogP contribution in [0.25, 0.3) is 0 Å². The molecule has 0 aromatic heterocycles. The first-order valence-corrected chi connectivity index (χ1v) is 7.64. The number of hydrogen-bond donors (Lipinski definition) is 0. The van der Waals surface area contributed by atoms with E-state index in [1.165, 1.54) is 12.1 Å². The van der Waals surface area contributed by atoms with Gasteiger partial charge in [0, 0.05) is 17.7 Å². The minimum Gasteiger partial charge on any atom is -0.463 e. The number of nitro groups is 1. The standard InChI is InChI=1S/C19H15N3O3/c23-22(24)17-13-11-16(12-14-17)20-21-19(15-7-3-1-4-8-15)25-18-9-5-2-6-10-18/h1-14,19H/t19-/m0/s1. The van der Waals surface area contributed by atoms with Gasteiger partial charge in [-0.25, -0.2) is 0 Å². The lowest BCUT2D eigenvalue weighted by molar-refractivity contribution is -0.384. The summed E-state index contributed by atoms with van der Waals surface area (Å²) in [6.07, 6.45) is -0.612. The Morgan fingerprint density at radius 3 is 2.04 bits per heavy atom. The van der Waals surface area contributed by atoms with E-state index in [9.17, 15) is 10.1 Å². The highest BCUT2D eigenvalue weighted by molar-refractivity contribution is 5.43. The Morgan fingerprint density at radius 2 is 1.44 bits per heavy atom. The van der Waals surface area contributed by atoms with E-state index in [0.29, 0.717) is 11.4 Å². The molecule has 0 amide bonds. The second-order valence-corrected chi connectivity index (χ2v) is 5.18. The number of azo groups is 1. The molecule has 124 valence electrons. The Balaban J connectivity index is 1.83. The van der Waals surface area contributed by atoms with E-state index in [2.05, 4.69) is 10.2 Å². The molecular weight excluding hydrogens is 318 g/mol. The number of nitro benzene ring substituents is 1. The molecule has 3 aromatic carbocycles. The molecule has 0 heterocycles. The number of ether oxygens (including phenoxy) is 1. The molecule has 0 radical (unpaired) electrons. The molecule has 1 atom stereocenters. The molecule has 25 heavy (non-hydrogen) atoms. The predicted molar refractivity (Wildman–Crippen MR) is 93.9 cm³/mol. The highest BCUT2D eigenvalue weighted by Crippen LogP contribution is 2.25. The lowest BCUT2D eigenvalue weighted by atomic mass is 10.2. The van der Waals surface area contributed by atoms with Crippen LogP contribution in [0.2, 0.25) is 0 Å². The summed E-state index contributed by atoms with van der Waals surface area (Å²) in [5.74, 6) is 0.680. The quantitative estimate of drug-likeness (QED) is 0.341. The van der Waals surface area contributed by atoms with Crippen LogP contribution in [0.5, 0.6) is 5.75 Å². The van der Waals surface area contributed by atoms with Crippen molar-refractivity contribution < 1.29 is 9.66 Å². The molecule has 0 saturated carbocycles. The van der Waals surface area contributed by atoms with E-state index in [0.717, 1.165) is 5.56 Å². The van der Waals surface area contributed by atoms with E-state index in [4.69, 9.17) is 4.74 Å². The summed E-state index contributed by atoms with van der Waals surface area (Å²) in [4.78, 5) is 10.2. The summed E-state index contributed by atoms with van der Waals surface area (Å²) >= 11 is 0. The van der Waals surface area contributed by atoms with Gasteiger partial charge in [-0.05, 0) is 24.3 Å². The fourth-order valence-electron chi connectivity index (χ4n) is 2.16. The Morgan fingerprint density at radius 1 is 0.840 bits per heavy atom. The molecule has 0 unspecified atom stereocenters. The summed E-state index contributed by atoms with van der Waals surface area (Å²) < 4.78 is 5.92. The minimum atomic E-state index is -0.612. The number of rotatable bonds is 6. The molecule has 3 aromatic rings. The number of non-ortho nitro benzene ring substituents is 1. The summed E-state index contributed by atoms with van der Waals surface area (Å²) in [5.41, 5.74) is 1.39. The monoisotopic (exact) mass is 333 g/mol. The van der Waals surface area contributed by atoms with Gasteiger partial charge in [0.1, 0.15) is 5.75 Å². The number of nitrogens with zero attached hydrogens (tertiary/aromatic N) is 3. The van der Waals surface area contributed by atoms with Gasteiger partial charge in [0.15, 0.2) is 0 Å². The second kappa shape index (κ2) is 7.83. The molecular formula is C19H15N3O3. The smallest absolute Gasteiger partial charge is 0.269 e. The van der Waals surface area contributed by atoms with Gasteiger partial charge >= 0.3 is 0 Å². The molecule has 0 saturated heterocycles. The van der Waals surface area contributed by atoms with Crippen LogP contribution in [0, 0.1) is 10.1 Å². The van der Waals surface area contributed by atoms with Gasteiger partial charge in [-0.1, -0.05) is 48.5 Å². The second-order valence-electron chi connectivity index (χ2n) is 5.18. The van der Waals surface area contributed by atoms with Crippen molar-refractivity contribution in [2.45, 2.75) is 6.23 Å². The van der Waals surface area contributed by atoms with Crippen molar-refractivity contribution in [2.75, 3.05) is 0 Å².